The lowest BCUT2D eigenvalue weighted by Crippen LogP contribution is -2.42. The van der Waals surface area contributed by atoms with Gasteiger partial charge < -0.3 is 15.3 Å². The number of hydrogen-bond donors (Lipinski definition) is 2. The largest absolute Gasteiger partial charge is 0.480 e. The minimum Gasteiger partial charge on any atom is -0.480 e. The molecule has 1 aromatic rings. The summed E-state index contributed by atoms with van der Waals surface area (Å²) in [5, 5.41) is 10.6. The Labute approximate surface area is 106 Å². The minimum atomic E-state index is -1.45. The lowest BCUT2D eigenvalue weighted by atomic mass is 10.2. The second kappa shape index (κ2) is 5.59. The highest BCUT2D eigenvalue weighted by molar-refractivity contribution is 5.92. The van der Waals surface area contributed by atoms with Gasteiger partial charge in [-0.2, -0.15) is 0 Å². The Bertz CT molecular complexity index is 522. The van der Waals surface area contributed by atoms with Crippen molar-refractivity contribution in [1.82, 2.24) is 4.90 Å². The number of nitrogens with zero attached hydrogens (tertiary/aromatic N) is 1. The standard InChI is InChI=1S/C11H11F3N2O3/c1-5(10(17)18)16(2)11(19)15-8-4-6(12)3-7(13)9(8)14/h3-5H,1-2H3,(H,15,19)(H,17,18). The van der Waals surface area contributed by atoms with Crippen LogP contribution in [0.4, 0.5) is 23.7 Å². The number of benzene rings is 1. The maximum Gasteiger partial charge on any atom is 0.326 e. The molecule has 19 heavy (non-hydrogen) atoms. The van der Waals surface area contributed by atoms with Crippen LogP contribution >= 0.6 is 0 Å². The van der Waals surface area contributed by atoms with Crippen LogP contribution in [0.3, 0.4) is 0 Å². The van der Waals surface area contributed by atoms with E-state index in [1.165, 1.54) is 6.92 Å². The number of hydrogen-bond acceptors (Lipinski definition) is 2. The van der Waals surface area contributed by atoms with Crippen LogP contribution in [0.15, 0.2) is 12.1 Å². The molecule has 2 N–H and O–H groups in total. The fourth-order valence-corrected chi connectivity index (χ4v) is 1.19. The van der Waals surface area contributed by atoms with Crippen LogP contribution in [0.1, 0.15) is 6.92 Å². The van der Waals surface area contributed by atoms with Crippen molar-refractivity contribution >= 4 is 17.7 Å². The minimum absolute atomic E-state index is 0.328. The number of rotatable bonds is 3. The van der Waals surface area contributed by atoms with E-state index >= 15 is 0 Å². The van der Waals surface area contributed by atoms with E-state index in [0.717, 1.165) is 11.9 Å². The highest BCUT2D eigenvalue weighted by Gasteiger charge is 2.23. The molecule has 0 saturated carbocycles. The third-order valence-corrected chi connectivity index (χ3v) is 2.49. The SMILES string of the molecule is CC(C(=O)O)N(C)C(=O)Nc1cc(F)cc(F)c1F. The predicted molar refractivity (Wildman–Crippen MR) is 60.2 cm³/mol. The maximum absolute atomic E-state index is 13.3. The number of aliphatic carboxylic acids is 1. The van der Waals surface area contributed by atoms with Gasteiger partial charge in [0.2, 0.25) is 0 Å². The Morgan fingerprint density at radius 2 is 1.89 bits per heavy atom. The van der Waals surface area contributed by atoms with Crippen molar-refractivity contribution in [3.05, 3.63) is 29.6 Å². The van der Waals surface area contributed by atoms with Gasteiger partial charge in [0.15, 0.2) is 11.6 Å². The summed E-state index contributed by atoms with van der Waals surface area (Å²) in [4.78, 5) is 23.0. The molecule has 1 rings (SSSR count). The molecule has 8 heteroatoms. The molecule has 5 nitrogen and oxygen atoms in total. The molecule has 1 aromatic carbocycles. The van der Waals surface area contributed by atoms with Gasteiger partial charge in [-0.25, -0.2) is 22.8 Å². The number of anilines is 1. The number of carboxylic acid groups (broad SMARTS) is 1. The van der Waals surface area contributed by atoms with Crippen LogP contribution in [0, 0.1) is 17.5 Å². The highest BCUT2D eigenvalue weighted by Crippen LogP contribution is 2.19. The third kappa shape index (κ3) is 3.36. The van der Waals surface area contributed by atoms with Gasteiger partial charge in [-0.05, 0) is 6.92 Å². The van der Waals surface area contributed by atoms with Gasteiger partial charge in [-0.3, -0.25) is 0 Å². The van der Waals surface area contributed by atoms with Crippen LogP contribution in [0.2, 0.25) is 0 Å². The van der Waals surface area contributed by atoms with E-state index < -0.39 is 41.2 Å². The Balaban J connectivity index is 2.91. The molecule has 0 aromatic heterocycles. The summed E-state index contributed by atoms with van der Waals surface area (Å²) in [5.74, 6) is -5.22. The van der Waals surface area contributed by atoms with Gasteiger partial charge >= 0.3 is 12.0 Å². The quantitative estimate of drug-likeness (QED) is 0.830. The zero-order valence-electron chi connectivity index (χ0n) is 10.1. The van der Waals surface area contributed by atoms with Crippen LogP contribution in [-0.4, -0.2) is 35.1 Å². The molecule has 0 fully saturated rings. The average Bonchev–Trinajstić information content (AvgIpc) is 2.33. The van der Waals surface area contributed by atoms with Crippen molar-refractivity contribution in [2.24, 2.45) is 0 Å². The smallest absolute Gasteiger partial charge is 0.326 e. The summed E-state index contributed by atoms with van der Waals surface area (Å²) < 4.78 is 39.1. The molecule has 2 amide bonds. The Morgan fingerprint density at radius 1 is 1.32 bits per heavy atom. The van der Waals surface area contributed by atoms with Crippen LogP contribution in [0.25, 0.3) is 0 Å². The average molecular weight is 276 g/mol. The molecule has 104 valence electrons. The first-order valence-corrected chi connectivity index (χ1v) is 5.15. The molecule has 0 heterocycles. The van der Waals surface area contributed by atoms with Crippen LogP contribution < -0.4 is 5.32 Å². The van der Waals surface area contributed by atoms with Gasteiger partial charge in [0.05, 0.1) is 5.69 Å². The first-order chi connectivity index (χ1) is 8.73. The topological polar surface area (TPSA) is 69.6 Å². The second-order valence-corrected chi connectivity index (χ2v) is 3.80. The van der Waals surface area contributed by atoms with Crippen molar-refractivity contribution in [2.75, 3.05) is 12.4 Å². The molecule has 1 unspecified atom stereocenters. The number of carboxylic acids is 1. The summed E-state index contributed by atoms with van der Waals surface area (Å²) in [7, 11) is 1.15. The Kier molecular flexibility index (Phi) is 4.36. The van der Waals surface area contributed by atoms with Crippen LogP contribution in [-0.2, 0) is 4.79 Å². The highest BCUT2D eigenvalue weighted by atomic mass is 19.2. The lowest BCUT2D eigenvalue weighted by molar-refractivity contribution is -0.141. The number of urea groups is 1. The number of carbonyl (C=O) groups is 2. The van der Waals surface area contributed by atoms with E-state index in [4.69, 9.17) is 5.11 Å². The van der Waals surface area contributed by atoms with Crippen LogP contribution in [0.5, 0.6) is 0 Å². The van der Waals surface area contributed by atoms with Crippen molar-refractivity contribution in [1.29, 1.82) is 0 Å². The van der Waals surface area contributed by atoms with E-state index in [9.17, 15) is 22.8 Å². The normalized spacial score (nSPS) is 11.8. The van der Waals surface area contributed by atoms with E-state index in [0.29, 0.717) is 12.1 Å². The monoisotopic (exact) mass is 276 g/mol. The third-order valence-electron chi connectivity index (χ3n) is 2.49. The Morgan fingerprint density at radius 3 is 2.42 bits per heavy atom. The molecule has 0 radical (unpaired) electrons. The van der Waals surface area contributed by atoms with Crippen molar-refractivity contribution in [2.45, 2.75) is 13.0 Å². The molecule has 0 aliphatic rings. The summed E-state index contributed by atoms with van der Waals surface area (Å²) in [6, 6.07) is -1.26. The van der Waals surface area contributed by atoms with E-state index in [2.05, 4.69) is 0 Å². The lowest BCUT2D eigenvalue weighted by Gasteiger charge is -2.22. The summed E-state index contributed by atoms with van der Waals surface area (Å²) in [6.07, 6.45) is 0. The summed E-state index contributed by atoms with van der Waals surface area (Å²) in [5.41, 5.74) is -0.702. The molecular formula is C11H11F3N2O3. The number of nitrogens with one attached hydrogen (secondary N) is 1. The van der Waals surface area contributed by atoms with E-state index in [-0.39, 0.29) is 0 Å². The molecule has 0 aliphatic heterocycles. The van der Waals surface area contributed by atoms with Gasteiger partial charge in [0.25, 0.3) is 0 Å². The first-order valence-electron chi connectivity index (χ1n) is 5.15. The van der Waals surface area contributed by atoms with E-state index in [1.807, 2.05) is 5.32 Å². The zero-order valence-corrected chi connectivity index (χ0v) is 10.1. The van der Waals surface area contributed by atoms with Gasteiger partial charge in [0.1, 0.15) is 11.9 Å². The van der Waals surface area contributed by atoms with Crippen molar-refractivity contribution in [3.8, 4) is 0 Å². The maximum atomic E-state index is 13.3. The molecule has 1 atom stereocenters. The van der Waals surface area contributed by atoms with Crippen molar-refractivity contribution < 1.29 is 27.9 Å². The zero-order chi connectivity index (χ0) is 14.7. The predicted octanol–water partition coefficient (Wildman–Crippen LogP) is 2.04. The fraction of sp³-hybridized carbons (Fsp3) is 0.273. The van der Waals surface area contributed by atoms with Gasteiger partial charge in [-0.1, -0.05) is 0 Å². The fourth-order valence-electron chi connectivity index (χ4n) is 1.19. The first kappa shape index (κ1) is 14.8. The molecular weight excluding hydrogens is 265 g/mol. The van der Waals surface area contributed by atoms with E-state index in [1.54, 1.807) is 0 Å². The molecule has 0 bridgehead atoms. The molecule has 0 saturated heterocycles. The second-order valence-electron chi connectivity index (χ2n) is 3.80. The molecule has 0 spiro atoms. The molecule has 0 aliphatic carbocycles. The number of amides is 2. The Hall–Kier alpha value is -2.25. The summed E-state index contributed by atoms with van der Waals surface area (Å²) >= 11 is 0. The summed E-state index contributed by atoms with van der Waals surface area (Å²) in [6.45, 7) is 1.23. The number of carbonyl (C=O) groups excluding carboxylic acids is 1. The van der Waals surface area contributed by atoms with Gasteiger partial charge in [-0.15, -0.1) is 0 Å². The van der Waals surface area contributed by atoms with Crippen molar-refractivity contribution in [3.63, 3.8) is 0 Å². The number of halogens is 3. The van der Waals surface area contributed by atoms with Gasteiger partial charge in [0, 0.05) is 19.2 Å². The number of likely N-dealkylation sites (N-methyl/N-ethyl adjacent to an activating group) is 1.